The number of benzene rings is 1. The third kappa shape index (κ3) is 2.46. The topological polar surface area (TPSA) is 29.0 Å². The Labute approximate surface area is 112 Å². The first-order chi connectivity index (χ1) is 8.77. The van der Waals surface area contributed by atoms with Crippen LogP contribution < -0.4 is 4.90 Å². The molecule has 0 unspecified atom stereocenters. The zero-order valence-electron chi connectivity index (χ0n) is 10.6. The van der Waals surface area contributed by atoms with Crippen molar-refractivity contribution in [3.8, 4) is 0 Å². The number of nitrogens with zero attached hydrogens (tertiary/aromatic N) is 3. The van der Waals surface area contributed by atoms with E-state index in [4.69, 9.17) is 11.6 Å². The summed E-state index contributed by atoms with van der Waals surface area (Å²) in [5.74, 6) is 0.895. The average molecular weight is 262 g/mol. The van der Waals surface area contributed by atoms with Crippen LogP contribution >= 0.6 is 11.6 Å². The van der Waals surface area contributed by atoms with Crippen molar-refractivity contribution in [3.63, 3.8) is 0 Å². The predicted molar refractivity (Wildman–Crippen MR) is 75.5 cm³/mol. The molecule has 0 N–H and O–H groups in total. The molecule has 0 bridgehead atoms. The fourth-order valence-electron chi connectivity index (χ4n) is 1.98. The molecule has 2 rings (SSSR count). The fourth-order valence-corrected chi connectivity index (χ4v) is 2.24. The molecule has 0 atom stereocenters. The minimum absolute atomic E-state index is 0.539. The van der Waals surface area contributed by atoms with E-state index < -0.39 is 0 Å². The number of hydrogen-bond acceptors (Lipinski definition) is 3. The second kappa shape index (κ2) is 5.83. The van der Waals surface area contributed by atoms with Gasteiger partial charge in [-0.05, 0) is 25.5 Å². The van der Waals surface area contributed by atoms with Gasteiger partial charge in [0.25, 0.3) is 0 Å². The van der Waals surface area contributed by atoms with E-state index in [1.54, 1.807) is 0 Å². The molecule has 0 radical (unpaired) electrons. The van der Waals surface area contributed by atoms with Crippen LogP contribution in [0.1, 0.15) is 19.4 Å². The molecule has 1 aromatic heterocycles. The highest BCUT2D eigenvalue weighted by Gasteiger charge is 2.15. The van der Waals surface area contributed by atoms with E-state index in [0.717, 1.165) is 30.0 Å². The largest absolute Gasteiger partial charge is 0.326 e. The molecule has 0 saturated heterocycles. The molecule has 4 heteroatoms. The molecule has 0 amide bonds. The third-order valence-corrected chi connectivity index (χ3v) is 3.19. The molecule has 0 aliphatic rings. The van der Waals surface area contributed by atoms with Crippen molar-refractivity contribution in [2.45, 2.75) is 20.3 Å². The van der Waals surface area contributed by atoms with Gasteiger partial charge in [0.05, 0.1) is 0 Å². The lowest BCUT2D eigenvalue weighted by Crippen LogP contribution is -2.19. The Kier molecular flexibility index (Phi) is 4.15. The summed E-state index contributed by atoms with van der Waals surface area (Å²) in [6.07, 6.45) is 2.33. The van der Waals surface area contributed by atoms with Gasteiger partial charge < -0.3 is 4.90 Å². The zero-order chi connectivity index (χ0) is 13.0. The van der Waals surface area contributed by atoms with Crippen molar-refractivity contribution in [2.24, 2.45) is 0 Å². The Morgan fingerprint density at radius 2 is 1.83 bits per heavy atom. The summed E-state index contributed by atoms with van der Waals surface area (Å²) >= 11 is 6.14. The molecule has 94 valence electrons. The summed E-state index contributed by atoms with van der Waals surface area (Å²) in [5.41, 5.74) is 2.11. The van der Waals surface area contributed by atoms with Gasteiger partial charge in [0, 0.05) is 17.8 Å². The van der Waals surface area contributed by atoms with Gasteiger partial charge in [0.2, 0.25) is 0 Å². The number of rotatable bonds is 4. The van der Waals surface area contributed by atoms with Gasteiger partial charge in [0.15, 0.2) is 0 Å². The van der Waals surface area contributed by atoms with Crippen molar-refractivity contribution >= 4 is 23.1 Å². The molecule has 2 aromatic rings. The van der Waals surface area contributed by atoms with E-state index in [-0.39, 0.29) is 0 Å². The molecule has 0 aliphatic carbocycles. The van der Waals surface area contributed by atoms with Crippen molar-refractivity contribution in [3.05, 3.63) is 47.4 Å². The minimum atomic E-state index is 0.539. The van der Waals surface area contributed by atoms with Crippen LogP contribution in [-0.2, 0) is 6.42 Å². The lowest BCUT2D eigenvalue weighted by Gasteiger charge is -2.24. The molecule has 0 fully saturated rings. The fraction of sp³-hybridized carbons (Fsp3) is 0.286. The third-order valence-electron chi connectivity index (χ3n) is 2.86. The Morgan fingerprint density at radius 3 is 2.44 bits per heavy atom. The summed E-state index contributed by atoms with van der Waals surface area (Å²) < 4.78 is 0. The molecule has 0 saturated carbocycles. The summed E-state index contributed by atoms with van der Waals surface area (Å²) in [6.45, 7) is 5.00. The lowest BCUT2D eigenvalue weighted by atomic mass is 10.2. The van der Waals surface area contributed by atoms with Crippen molar-refractivity contribution < 1.29 is 0 Å². The molecule has 1 aromatic carbocycles. The molecule has 0 spiro atoms. The summed E-state index contributed by atoms with van der Waals surface area (Å²) in [6, 6.07) is 10.2. The molecular weight excluding hydrogens is 246 g/mol. The van der Waals surface area contributed by atoms with Crippen molar-refractivity contribution in [1.29, 1.82) is 0 Å². The average Bonchev–Trinajstić information content (AvgIpc) is 2.41. The van der Waals surface area contributed by atoms with Crippen LogP contribution in [0.3, 0.4) is 0 Å². The lowest BCUT2D eigenvalue weighted by molar-refractivity contribution is 0.939. The first-order valence-electron chi connectivity index (χ1n) is 6.09. The van der Waals surface area contributed by atoms with Crippen LogP contribution in [0.15, 0.2) is 36.7 Å². The second-order valence-corrected chi connectivity index (χ2v) is 4.26. The van der Waals surface area contributed by atoms with Gasteiger partial charge in [0.1, 0.15) is 17.3 Å². The van der Waals surface area contributed by atoms with Crippen LogP contribution in [0.25, 0.3) is 0 Å². The Balaban J connectivity index is 2.49. The summed E-state index contributed by atoms with van der Waals surface area (Å²) in [7, 11) is 0. The number of para-hydroxylation sites is 1. The quantitative estimate of drug-likeness (QED) is 0.783. The van der Waals surface area contributed by atoms with E-state index in [9.17, 15) is 0 Å². The van der Waals surface area contributed by atoms with Crippen LogP contribution in [0.4, 0.5) is 11.5 Å². The van der Waals surface area contributed by atoms with Gasteiger partial charge >= 0.3 is 0 Å². The molecule has 0 aliphatic heterocycles. The number of anilines is 2. The van der Waals surface area contributed by atoms with Crippen LogP contribution in [0.2, 0.25) is 5.15 Å². The zero-order valence-corrected chi connectivity index (χ0v) is 11.4. The monoisotopic (exact) mass is 261 g/mol. The van der Waals surface area contributed by atoms with Crippen LogP contribution in [0.5, 0.6) is 0 Å². The smallest absolute Gasteiger partial charge is 0.141 e. The van der Waals surface area contributed by atoms with Gasteiger partial charge in [-0.25, -0.2) is 9.97 Å². The Hall–Kier alpha value is -1.61. The maximum absolute atomic E-state index is 6.14. The highest BCUT2D eigenvalue weighted by Crippen LogP contribution is 2.29. The molecule has 3 nitrogen and oxygen atoms in total. The maximum atomic E-state index is 6.14. The normalized spacial score (nSPS) is 10.4. The predicted octanol–water partition coefficient (Wildman–Crippen LogP) is 3.85. The second-order valence-electron chi connectivity index (χ2n) is 3.90. The Bertz CT molecular complexity index is 514. The van der Waals surface area contributed by atoms with Gasteiger partial charge in [-0.2, -0.15) is 0 Å². The maximum Gasteiger partial charge on any atom is 0.141 e. The van der Waals surface area contributed by atoms with E-state index in [1.807, 2.05) is 18.2 Å². The van der Waals surface area contributed by atoms with Gasteiger partial charge in [-0.1, -0.05) is 36.7 Å². The van der Waals surface area contributed by atoms with Crippen LogP contribution in [-0.4, -0.2) is 16.5 Å². The van der Waals surface area contributed by atoms with Crippen molar-refractivity contribution in [2.75, 3.05) is 11.4 Å². The van der Waals surface area contributed by atoms with Gasteiger partial charge in [-0.15, -0.1) is 0 Å². The number of halogens is 1. The minimum Gasteiger partial charge on any atom is -0.326 e. The standard InChI is InChI=1S/C14H16ClN3/c1-3-12-13(15)16-10-17-14(12)18(4-2)11-8-6-5-7-9-11/h5-10H,3-4H2,1-2H3. The van der Waals surface area contributed by atoms with E-state index >= 15 is 0 Å². The van der Waals surface area contributed by atoms with Gasteiger partial charge in [-0.3, -0.25) is 0 Å². The van der Waals surface area contributed by atoms with Crippen LogP contribution in [0, 0.1) is 0 Å². The highest BCUT2D eigenvalue weighted by molar-refractivity contribution is 6.30. The van der Waals surface area contributed by atoms with E-state index in [2.05, 4.69) is 40.8 Å². The number of hydrogen-bond donors (Lipinski definition) is 0. The van der Waals surface area contributed by atoms with Crippen molar-refractivity contribution in [1.82, 2.24) is 9.97 Å². The molecular formula is C14H16ClN3. The molecule has 1 heterocycles. The number of aromatic nitrogens is 2. The van der Waals surface area contributed by atoms with E-state index in [1.165, 1.54) is 6.33 Å². The SMILES string of the molecule is CCc1c(Cl)ncnc1N(CC)c1ccccc1. The summed E-state index contributed by atoms with van der Waals surface area (Å²) in [5, 5.41) is 0.539. The molecule has 18 heavy (non-hydrogen) atoms. The first-order valence-corrected chi connectivity index (χ1v) is 6.47. The first kappa shape index (κ1) is 12.8. The Morgan fingerprint density at radius 1 is 1.11 bits per heavy atom. The van der Waals surface area contributed by atoms with E-state index in [0.29, 0.717) is 5.15 Å². The highest BCUT2D eigenvalue weighted by atomic mass is 35.5. The summed E-state index contributed by atoms with van der Waals surface area (Å²) in [4.78, 5) is 10.6.